The highest BCUT2D eigenvalue weighted by Crippen LogP contribution is 2.37. The summed E-state index contributed by atoms with van der Waals surface area (Å²) in [7, 11) is -4.13. The number of alkyl carbamates (subject to hydrolysis) is 1. The number of benzene rings is 2. The Hall–Kier alpha value is -3.46. The van der Waals surface area contributed by atoms with Crippen LogP contribution in [0.3, 0.4) is 0 Å². The number of amides is 1. The third-order valence-electron chi connectivity index (χ3n) is 4.85. The molecule has 3 rings (SSSR count). The summed E-state index contributed by atoms with van der Waals surface area (Å²) in [5.74, 6) is -2.16. The first kappa shape index (κ1) is 22.2. The van der Waals surface area contributed by atoms with Crippen molar-refractivity contribution in [2.75, 3.05) is 6.61 Å². The van der Waals surface area contributed by atoms with Crippen molar-refractivity contribution in [3.63, 3.8) is 0 Å². The van der Waals surface area contributed by atoms with E-state index in [1.165, 1.54) is 18.2 Å². The lowest BCUT2D eigenvalue weighted by molar-refractivity contribution is -0.140. The van der Waals surface area contributed by atoms with Crippen LogP contribution in [0.4, 0.5) is 4.79 Å². The van der Waals surface area contributed by atoms with Gasteiger partial charge in [-0.3, -0.25) is 4.79 Å². The van der Waals surface area contributed by atoms with Crippen LogP contribution in [0.2, 0.25) is 0 Å². The highest BCUT2D eigenvalue weighted by molar-refractivity contribution is 7.95. The average Bonchev–Trinajstić information content (AvgIpc) is 2.73. The summed E-state index contributed by atoms with van der Waals surface area (Å²) < 4.78 is 31.6. The van der Waals surface area contributed by atoms with E-state index in [-0.39, 0.29) is 20.9 Å². The van der Waals surface area contributed by atoms with Crippen LogP contribution in [-0.4, -0.2) is 44.0 Å². The van der Waals surface area contributed by atoms with Gasteiger partial charge in [-0.2, -0.15) is 0 Å². The number of hydrogen-bond acceptors (Lipinski definition) is 6. The molecule has 0 spiro atoms. The molecule has 2 N–H and O–H groups in total. The molecule has 0 saturated heterocycles. The number of ether oxygens (including phenoxy) is 1. The molecule has 1 atom stereocenters. The highest BCUT2D eigenvalue weighted by Gasteiger charge is 2.38. The number of hydrogen-bond donors (Lipinski definition) is 2. The van der Waals surface area contributed by atoms with E-state index in [0.29, 0.717) is 5.56 Å². The molecule has 0 radical (unpaired) electrons. The maximum atomic E-state index is 13.3. The first-order valence-corrected chi connectivity index (χ1v) is 11.0. The Morgan fingerprint density at radius 3 is 2.26 bits per heavy atom. The van der Waals surface area contributed by atoms with Crippen LogP contribution in [0.25, 0.3) is 5.57 Å². The van der Waals surface area contributed by atoms with Crippen LogP contribution in [0.15, 0.2) is 64.4 Å². The molecule has 0 saturated carbocycles. The van der Waals surface area contributed by atoms with Gasteiger partial charge in [0.25, 0.3) is 0 Å². The van der Waals surface area contributed by atoms with Crippen LogP contribution in [-0.2, 0) is 19.4 Å². The summed E-state index contributed by atoms with van der Waals surface area (Å²) in [6.45, 7) is 2.50. The molecule has 0 aliphatic carbocycles. The third-order valence-corrected chi connectivity index (χ3v) is 6.76. The van der Waals surface area contributed by atoms with Crippen molar-refractivity contribution in [3.8, 4) is 0 Å². The molecule has 2 aromatic rings. The van der Waals surface area contributed by atoms with Crippen molar-refractivity contribution < 1.29 is 32.6 Å². The van der Waals surface area contributed by atoms with E-state index in [0.717, 1.165) is 0 Å². The molecule has 1 amide bonds. The van der Waals surface area contributed by atoms with Gasteiger partial charge in [0.05, 0.1) is 9.80 Å². The van der Waals surface area contributed by atoms with Crippen molar-refractivity contribution in [3.05, 3.63) is 70.6 Å². The van der Waals surface area contributed by atoms with E-state index in [9.17, 15) is 27.9 Å². The zero-order valence-electron chi connectivity index (χ0n) is 16.9. The van der Waals surface area contributed by atoms with Gasteiger partial charge in [0.1, 0.15) is 12.6 Å². The Balaban J connectivity index is 2.01. The molecule has 1 aliphatic heterocycles. The van der Waals surface area contributed by atoms with Crippen molar-refractivity contribution in [2.24, 2.45) is 5.92 Å². The SMILES string of the molecule is CC(C)[C@H](NC(=O)OCC1=C(c2ccccc2)C(=O)c2ccccc2S1(=O)=O)C(=O)O. The van der Waals surface area contributed by atoms with Gasteiger partial charge in [0.15, 0.2) is 5.78 Å². The Labute approximate surface area is 179 Å². The standard InChI is InChI=1S/C22H21NO7S/c1-13(2)19(21(25)26)23-22(27)30-12-17-18(14-8-4-3-5-9-14)20(24)15-10-6-7-11-16(15)31(17,28)29/h3-11,13,19H,12H2,1-2H3,(H,23,27)(H,25,26)/t19-/m0/s1. The minimum atomic E-state index is -4.13. The topological polar surface area (TPSA) is 127 Å². The van der Waals surface area contributed by atoms with Crippen LogP contribution >= 0.6 is 0 Å². The Morgan fingerprint density at radius 2 is 1.65 bits per heavy atom. The van der Waals surface area contributed by atoms with E-state index in [4.69, 9.17) is 4.74 Å². The van der Waals surface area contributed by atoms with Gasteiger partial charge < -0.3 is 15.2 Å². The smallest absolute Gasteiger partial charge is 0.408 e. The predicted octanol–water partition coefficient (Wildman–Crippen LogP) is 2.90. The van der Waals surface area contributed by atoms with Gasteiger partial charge in [0, 0.05) is 11.1 Å². The molecular weight excluding hydrogens is 422 g/mol. The third kappa shape index (κ3) is 4.36. The van der Waals surface area contributed by atoms with Gasteiger partial charge in [-0.25, -0.2) is 18.0 Å². The molecule has 1 heterocycles. The van der Waals surface area contributed by atoms with E-state index < -0.39 is 46.2 Å². The fourth-order valence-corrected chi connectivity index (χ4v) is 4.94. The Kier molecular flexibility index (Phi) is 6.26. The van der Waals surface area contributed by atoms with Crippen LogP contribution in [0, 0.1) is 5.92 Å². The number of nitrogens with one attached hydrogen (secondary N) is 1. The van der Waals surface area contributed by atoms with E-state index in [1.807, 2.05) is 0 Å². The Bertz CT molecular complexity index is 1170. The summed E-state index contributed by atoms with van der Waals surface area (Å²) in [5.41, 5.74) is 0.334. The second kappa shape index (κ2) is 8.73. The number of carboxylic acids is 1. The lowest BCUT2D eigenvalue weighted by Crippen LogP contribution is -2.44. The molecule has 31 heavy (non-hydrogen) atoms. The summed E-state index contributed by atoms with van der Waals surface area (Å²) >= 11 is 0. The van der Waals surface area contributed by atoms with E-state index in [1.54, 1.807) is 50.2 Å². The quantitative estimate of drug-likeness (QED) is 0.703. The second-order valence-electron chi connectivity index (χ2n) is 7.27. The molecule has 0 unspecified atom stereocenters. The molecular formula is C22H21NO7S. The molecule has 0 fully saturated rings. The molecule has 2 aromatic carbocycles. The van der Waals surface area contributed by atoms with Gasteiger partial charge >= 0.3 is 12.1 Å². The number of sulfone groups is 1. The van der Waals surface area contributed by atoms with Crippen molar-refractivity contribution in [1.29, 1.82) is 0 Å². The first-order valence-electron chi connectivity index (χ1n) is 9.48. The number of carboxylic acid groups (broad SMARTS) is 1. The number of allylic oxidation sites excluding steroid dienone is 1. The minimum absolute atomic E-state index is 0.0419. The zero-order chi connectivity index (χ0) is 22.8. The normalized spacial score (nSPS) is 15.9. The number of ketones is 1. The average molecular weight is 443 g/mol. The van der Waals surface area contributed by atoms with Crippen molar-refractivity contribution >= 4 is 33.3 Å². The lowest BCUT2D eigenvalue weighted by atomic mass is 9.96. The second-order valence-corrected chi connectivity index (χ2v) is 9.21. The number of carbonyl (C=O) groups excluding carboxylic acids is 2. The van der Waals surface area contributed by atoms with Crippen molar-refractivity contribution in [1.82, 2.24) is 5.32 Å². The number of fused-ring (bicyclic) bond motifs is 1. The van der Waals surface area contributed by atoms with Crippen LogP contribution < -0.4 is 5.32 Å². The number of rotatable bonds is 6. The molecule has 162 valence electrons. The largest absolute Gasteiger partial charge is 0.480 e. The van der Waals surface area contributed by atoms with Gasteiger partial charge in [-0.15, -0.1) is 0 Å². The maximum Gasteiger partial charge on any atom is 0.408 e. The number of carbonyl (C=O) groups is 3. The van der Waals surface area contributed by atoms with Gasteiger partial charge in [-0.05, 0) is 23.6 Å². The lowest BCUT2D eigenvalue weighted by Gasteiger charge is -2.23. The number of Topliss-reactive ketones (excluding diaryl/α,β-unsaturated/α-hetero) is 1. The predicted molar refractivity (Wildman–Crippen MR) is 112 cm³/mol. The number of aliphatic carboxylic acids is 1. The fourth-order valence-electron chi connectivity index (χ4n) is 3.28. The molecule has 0 bridgehead atoms. The van der Waals surface area contributed by atoms with E-state index >= 15 is 0 Å². The van der Waals surface area contributed by atoms with Crippen molar-refractivity contribution in [2.45, 2.75) is 24.8 Å². The molecule has 8 nitrogen and oxygen atoms in total. The minimum Gasteiger partial charge on any atom is -0.480 e. The summed E-state index contributed by atoms with van der Waals surface area (Å²) in [6, 6.07) is 12.9. The zero-order valence-corrected chi connectivity index (χ0v) is 17.7. The Morgan fingerprint density at radius 1 is 1.03 bits per heavy atom. The molecule has 0 aromatic heterocycles. The van der Waals surface area contributed by atoms with E-state index in [2.05, 4.69) is 5.32 Å². The van der Waals surface area contributed by atoms with Gasteiger partial charge in [0.2, 0.25) is 9.84 Å². The highest BCUT2D eigenvalue weighted by atomic mass is 32.2. The summed E-state index contributed by atoms with van der Waals surface area (Å²) in [5, 5.41) is 11.4. The first-order chi connectivity index (χ1) is 14.6. The summed E-state index contributed by atoms with van der Waals surface area (Å²) in [6.07, 6.45) is -1.09. The summed E-state index contributed by atoms with van der Waals surface area (Å²) in [4.78, 5) is 36.1. The fraction of sp³-hybridized carbons (Fsp3) is 0.227. The monoisotopic (exact) mass is 443 g/mol. The van der Waals surface area contributed by atoms with Gasteiger partial charge in [-0.1, -0.05) is 56.3 Å². The molecule has 1 aliphatic rings. The molecule has 9 heteroatoms. The maximum absolute atomic E-state index is 13.3. The van der Waals surface area contributed by atoms with Crippen LogP contribution in [0.5, 0.6) is 0 Å². The van der Waals surface area contributed by atoms with Crippen LogP contribution in [0.1, 0.15) is 29.8 Å².